The Kier molecular flexibility index (Phi) is 8.02. The number of benzene rings is 2. The second kappa shape index (κ2) is 10.9. The fourth-order valence-electron chi connectivity index (χ4n) is 3.40. The first-order valence-corrected chi connectivity index (χ1v) is 10.4. The molecule has 1 amide bonds. The molecule has 0 unspecified atom stereocenters. The Morgan fingerprint density at radius 1 is 1.13 bits per heavy atom. The van der Waals surface area contributed by atoms with Crippen molar-refractivity contribution in [2.75, 3.05) is 32.7 Å². The quantitative estimate of drug-likeness (QED) is 0.387. The van der Waals surface area contributed by atoms with E-state index in [1.54, 1.807) is 12.1 Å². The molecule has 1 heterocycles. The monoisotopic (exact) mass is 426 g/mol. The molecule has 0 radical (unpaired) electrons. The van der Waals surface area contributed by atoms with E-state index in [1.165, 1.54) is 11.8 Å². The zero-order valence-electron chi connectivity index (χ0n) is 16.9. The third-order valence-electron chi connectivity index (χ3n) is 5.06. The lowest BCUT2D eigenvalue weighted by Gasteiger charge is -2.34. The van der Waals surface area contributed by atoms with Gasteiger partial charge >= 0.3 is 0 Å². The number of halogens is 1. The van der Waals surface area contributed by atoms with E-state index in [9.17, 15) is 9.90 Å². The molecule has 3 rings (SSSR count). The van der Waals surface area contributed by atoms with Crippen LogP contribution in [0.4, 0.5) is 0 Å². The number of hydrogen-bond donors (Lipinski definition) is 2. The molecule has 0 aromatic heterocycles. The number of carbonyl (C=O) groups is 1. The van der Waals surface area contributed by atoms with E-state index in [1.807, 2.05) is 36.4 Å². The van der Waals surface area contributed by atoms with E-state index < -0.39 is 0 Å². The van der Waals surface area contributed by atoms with Crippen molar-refractivity contribution in [1.29, 1.82) is 0 Å². The van der Waals surface area contributed by atoms with Gasteiger partial charge in [0.15, 0.2) is 0 Å². The largest absolute Gasteiger partial charge is 0.507 e. The number of phenolic OH excluding ortho intramolecular Hbond substituents is 1. The molecular weight excluding hydrogens is 400 g/mol. The van der Waals surface area contributed by atoms with Gasteiger partial charge < -0.3 is 5.11 Å². The number of aromatic hydroxyl groups is 1. The third kappa shape index (κ3) is 6.42. The number of phenols is 1. The summed E-state index contributed by atoms with van der Waals surface area (Å²) in [6.45, 7) is 8.34. The summed E-state index contributed by atoms with van der Waals surface area (Å²) in [7, 11) is 0. The molecule has 0 atom stereocenters. The number of rotatable bonds is 8. The molecule has 2 aromatic rings. The number of piperazine rings is 1. The number of allylic oxidation sites excluding steroid dienone is 1. The molecule has 0 aliphatic carbocycles. The van der Waals surface area contributed by atoms with Crippen molar-refractivity contribution < 1.29 is 9.90 Å². The third-order valence-corrected chi connectivity index (χ3v) is 5.31. The molecule has 6 nitrogen and oxygen atoms in total. The maximum atomic E-state index is 12.2. The topological polar surface area (TPSA) is 68.2 Å². The Morgan fingerprint density at radius 3 is 2.53 bits per heavy atom. The number of carbonyl (C=O) groups excluding carboxylic acids is 1. The van der Waals surface area contributed by atoms with Crippen LogP contribution in [0.15, 0.2) is 60.2 Å². The molecule has 7 heteroatoms. The van der Waals surface area contributed by atoms with Crippen LogP contribution in [0.5, 0.6) is 5.75 Å². The van der Waals surface area contributed by atoms with Crippen molar-refractivity contribution in [3.63, 3.8) is 0 Å². The van der Waals surface area contributed by atoms with E-state index in [-0.39, 0.29) is 11.7 Å². The highest BCUT2D eigenvalue weighted by Gasteiger charge is 2.18. The van der Waals surface area contributed by atoms with Crippen LogP contribution in [-0.2, 0) is 17.8 Å². The lowest BCUT2D eigenvalue weighted by Crippen LogP contribution is -2.48. The minimum absolute atomic E-state index is 0.159. The van der Waals surface area contributed by atoms with Crippen LogP contribution in [0.25, 0.3) is 0 Å². The van der Waals surface area contributed by atoms with E-state index in [2.05, 4.69) is 26.9 Å². The molecule has 1 aliphatic rings. The highest BCUT2D eigenvalue weighted by Crippen LogP contribution is 2.21. The summed E-state index contributed by atoms with van der Waals surface area (Å²) in [4.78, 5) is 16.7. The highest BCUT2D eigenvalue weighted by molar-refractivity contribution is 6.30. The maximum Gasteiger partial charge on any atom is 0.254 e. The molecule has 1 fully saturated rings. The van der Waals surface area contributed by atoms with Crippen LogP contribution >= 0.6 is 11.6 Å². The van der Waals surface area contributed by atoms with Crippen LogP contribution in [-0.4, -0.2) is 59.8 Å². The fourth-order valence-corrected chi connectivity index (χ4v) is 3.53. The fraction of sp³-hybridized carbons (Fsp3) is 0.304. The van der Waals surface area contributed by atoms with E-state index in [0.29, 0.717) is 18.5 Å². The summed E-state index contributed by atoms with van der Waals surface area (Å²) in [5, 5.41) is 15.0. The normalized spacial score (nSPS) is 15.4. The number of para-hydroxylation sites is 1. The first-order valence-electron chi connectivity index (χ1n) is 9.98. The van der Waals surface area contributed by atoms with Gasteiger partial charge in [-0.05, 0) is 35.7 Å². The Labute approximate surface area is 182 Å². The first-order chi connectivity index (χ1) is 14.5. The predicted molar refractivity (Wildman–Crippen MR) is 121 cm³/mol. The SMILES string of the molecule is C=CCc1cccc(/C=N\NC(=O)CN2CCN(Cc3ccc(Cl)cc3)CC2)c1O. The Morgan fingerprint density at radius 2 is 1.83 bits per heavy atom. The van der Waals surface area contributed by atoms with Crippen molar-refractivity contribution in [1.82, 2.24) is 15.2 Å². The van der Waals surface area contributed by atoms with Crippen molar-refractivity contribution in [2.24, 2.45) is 5.10 Å². The molecule has 1 saturated heterocycles. The molecule has 30 heavy (non-hydrogen) atoms. The summed E-state index contributed by atoms with van der Waals surface area (Å²) in [6.07, 6.45) is 3.76. The Balaban J connectivity index is 1.42. The lowest BCUT2D eigenvalue weighted by molar-refractivity contribution is -0.122. The van der Waals surface area contributed by atoms with Gasteiger partial charge in [-0.1, -0.05) is 41.9 Å². The van der Waals surface area contributed by atoms with Gasteiger partial charge in [0.1, 0.15) is 5.75 Å². The maximum absolute atomic E-state index is 12.2. The number of hydrazone groups is 1. The number of hydrogen-bond acceptors (Lipinski definition) is 5. The summed E-state index contributed by atoms with van der Waals surface area (Å²) in [6, 6.07) is 13.3. The summed E-state index contributed by atoms with van der Waals surface area (Å²) < 4.78 is 0. The summed E-state index contributed by atoms with van der Waals surface area (Å²) >= 11 is 5.94. The molecule has 0 bridgehead atoms. The van der Waals surface area contributed by atoms with E-state index >= 15 is 0 Å². The second-order valence-electron chi connectivity index (χ2n) is 7.32. The van der Waals surface area contributed by atoms with Gasteiger partial charge in [0.05, 0.1) is 12.8 Å². The Bertz CT molecular complexity index is 891. The minimum atomic E-state index is -0.167. The molecule has 0 spiro atoms. The van der Waals surface area contributed by atoms with E-state index in [4.69, 9.17) is 11.6 Å². The van der Waals surface area contributed by atoms with E-state index in [0.717, 1.165) is 43.3 Å². The van der Waals surface area contributed by atoms with Crippen molar-refractivity contribution in [2.45, 2.75) is 13.0 Å². The van der Waals surface area contributed by atoms with Gasteiger partial charge in [0.2, 0.25) is 0 Å². The van der Waals surface area contributed by atoms with Crippen molar-refractivity contribution >= 4 is 23.7 Å². The molecule has 1 aliphatic heterocycles. The van der Waals surface area contributed by atoms with Crippen LogP contribution in [0.1, 0.15) is 16.7 Å². The number of amides is 1. The molecule has 2 aromatic carbocycles. The van der Waals surface area contributed by atoms with Crippen LogP contribution in [0, 0.1) is 0 Å². The second-order valence-corrected chi connectivity index (χ2v) is 7.76. The van der Waals surface area contributed by atoms with Crippen molar-refractivity contribution in [3.05, 3.63) is 76.8 Å². The molecule has 0 saturated carbocycles. The average Bonchev–Trinajstić information content (AvgIpc) is 2.74. The van der Waals surface area contributed by atoms with Gasteiger partial charge in [-0.3, -0.25) is 14.6 Å². The van der Waals surface area contributed by atoms with Gasteiger partial charge in [-0.25, -0.2) is 5.43 Å². The van der Waals surface area contributed by atoms with Crippen LogP contribution in [0.3, 0.4) is 0 Å². The van der Waals surface area contributed by atoms with Crippen LogP contribution in [0.2, 0.25) is 5.02 Å². The summed E-state index contributed by atoms with van der Waals surface area (Å²) in [5.74, 6) is -0.00801. The number of nitrogens with zero attached hydrogens (tertiary/aromatic N) is 3. The van der Waals surface area contributed by atoms with Crippen LogP contribution < -0.4 is 5.43 Å². The van der Waals surface area contributed by atoms with Crippen molar-refractivity contribution in [3.8, 4) is 5.75 Å². The number of nitrogens with one attached hydrogen (secondary N) is 1. The standard InChI is InChI=1S/C23H27ClN4O2/c1-2-4-19-5-3-6-20(23(19)30)15-25-26-22(29)17-28-13-11-27(12-14-28)16-18-7-9-21(24)10-8-18/h2-3,5-10,15,30H,1,4,11-14,16-17H2,(H,26,29)/b25-15-. The summed E-state index contributed by atoms with van der Waals surface area (Å²) in [5.41, 5.74) is 5.12. The smallest absolute Gasteiger partial charge is 0.254 e. The first kappa shape index (κ1) is 22.0. The molecule has 2 N–H and O–H groups in total. The predicted octanol–water partition coefficient (Wildman–Crippen LogP) is 3.04. The van der Waals surface area contributed by atoms with Gasteiger partial charge in [-0.2, -0.15) is 5.10 Å². The van der Waals surface area contributed by atoms with Gasteiger partial charge in [0.25, 0.3) is 5.91 Å². The van der Waals surface area contributed by atoms with Gasteiger partial charge in [-0.15, -0.1) is 6.58 Å². The zero-order valence-corrected chi connectivity index (χ0v) is 17.7. The minimum Gasteiger partial charge on any atom is -0.507 e. The lowest BCUT2D eigenvalue weighted by atomic mass is 10.1. The Hall–Kier alpha value is -2.67. The molecular formula is C23H27ClN4O2. The average molecular weight is 427 g/mol. The van der Waals surface area contributed by atoms with Gasteiger partial charge in [0, 0.05) is 43.3 Å². The zero-order chi connectivity index (χ0) is 21.3. The highest BCUT2D eigenvalue weighted by atomic mass is 35.5. The molecule has 158 valence electrons.